The highest BCUT2D eigenvalue weighted by Crippen LogP contribution is 2.42. The highest BCUT2D eigenvalue weighted by Gasteiger charge is 2.41. The number of thioether (sulfide) groups is 1. The van der Waals surface area contributed by atoms with Gasteiger partial charge in [-0.05, 0) is 49.7 Å². The molecule has 1 amide bonds. The number of rotatable bonds is 1. The molecule has 0 spiro atoms. The number of carbonyl (C=O) groups is 1. The number of hydrogen-bond donors (Lipinski definition) is 1. The van der Waals surface area contributed by atoms with Gasteiger partial charge in [0.25, 0.3) is 0 Å². The van der Waals surface area contributed by atoms with E-state index in [1.807, 2.05) is 11.8 Å². The molecule has 19 heavy (non-hydrogen) atoms. The average molecular weight is 282 g/mol. The minimum atomic E-state index is 0.276. The van der Waals surface area contributed by atoms with Crippen LogP contribution >= 0.6 is 11.8 Å². The van der Waals surface area contributed by atoms with Gasteiger partial charge in [0.2, 0.25) is 5.91 Å². The van der Waals surface area contributed by atoms with E-state index in [0.717, 1.165) is 38.1 Å². The highest BCUT2D eigenvalue weighted by molar-refractivity contribution is 7.99. The SMILES string of the molecule is NC1C2CCCC1CC(C(=O)N1CCCSCC1)C2. The molecule has 4 heteroatoms. The predicted molar refractivity (Wildman–Crippen MR) is 80.1 cm³/mol. The third kappa shape index (κ3) is 2.94. The van der Waals surface area contributed by atoms with Crippen LogP contribution in [-0.2, 0) is 4.79 Å². The van der Waals surface area contributed by atoms with Crippen LogP contribution < -0.4 is 5.73 Å². The molecule has 1 saturated heterocycles. The molecular formula is C15H26N2OS. The first kappa shape index (κ1) is 13.7. The Labute approximate surface area is 120 Å². The van der Waals surface area contributed by atoms with E-state index in [-0.39, 0.29) is 5.92 Å². The first-order valence-electron chi connectivity index (χ1n) is 7.88. The molecule has 0 aromatic rings. The summed E-state index contributed by atoms with van der Waals surface area (Å²) in [5, 5.41) is 0. The van der Waals surface area contributed by atoms with E-state index in [9.17, 15) is 4.79 Å². The number of hydrogen-bond acceptors (Lipinski definition) is 3. The molecule has 0 radical (unpaired) electrons. The van der Waals surface area contributed by atoms with Crippen molar-refractivity contribution in [1.82, 2.24) is 4.90 Å². The fourth-order valence-electron chi connectivity index (χ4n) is 4.22. The van der Waals surface area contributed by atoms with Crippen LogP contribution in [0.5, 0.6) is 0 Å². The minimum Gasteiger partial charge on any atom is -0.342 e. The maximum atomic E-state index is 12.7. The first-order chi connectivity index (χ1) is 9.25. The van der Waals surface area contributed by atoms with Gasteiger partial charge < -0.3 is 10.6 Å². The molecule has 1 heterocycles. The van der Waals surface area contributed by atoms with Crippen LogP contribution in [0.2, 0.25) is 0 Å². The third-order valence-electron chi connectivity index (χ3n) is 5.30. The van der Waals surface area contributed by atoms with Crippen LogP contribution in [0.3, 0.4) is 0 Å². The van der Waals surface area contributed by atoms with Crippen LogP contribution in [0.25, 0.3) is 0 Å². The van der Waals surface area contributed by atoms with Gasteiger partial charge in [0.15, 0.2) is 0 Å². The van der Waals surface area contributed by atoms with Gasteiger partial charge in [-0.25, -0.2) is 0 Å². The molecule has 2 saturated carbocycles. The second-order valence-corrected chi connectivity index (χ2v) is 7.71. The molecule has 0 aromatic heterocycles. The molecule has 2 atom stereocenters. The maximum absolute atomic E-state index is 12.7. The van der Waals surface area contributed by atoms with Crippen molar-refractivity contribution in [2.75, 3.05) is 24.6 Å². The second-order valence-electron chi connectivity index (χ2n) is 6.49. The van der Waals surface area contributed by atoms with E-state index in [0.29, 0.717) is 23.8 Å². The zero-order chi connectivity index (χ0) is 13.2. The maximum Gasteiger partial charge on any atom is 0.225 e. The highest BCUT2D eigenvalue weighted by atomic mass is 32.2. The van der Waals surface area contributed by atoms with Gasteiger partial charge in [0.05, 0.1) is 0 Å². The van der Waals surface area contributed by atoms with Gasteiger partial charge in [-0.15, -0.1) is 0 Å². The molecule has 2 aliphatic carbocycles. The quantitative estimate of drug-likeness (QED) is 0.801. The van der Waals surface area contributed by atoms with Gasteiger partial charge in [-0.1, -0.05) is 6.42 Å². The fraction of sp³-hybridized carbons (Fsp3) is 0.933. The molecule has 3 aliphatic rings. The number of carbonyl (C=O) groups excluding carboxylic acids is 1. The third-order valence-corrected chi connectivity index (χ3v) is 6.34. The van der Waals surface area contributed by atoms with E-state index >= 15 is 0 Å². The Bertz CT molecular complexity index is 314. The lowest BCUT2D eigenvalue weighted by atomic mass is 9.65. The summed E-state index contributed by atoms with van der Waals surface area (Å²) < 4.78 is 0. The van der Waals surface area contributed by atoms with Crippen LogP contribution in [0, 0.1) is 17.8 Å². The van der Waals surface area contributed by atoms with Gasteiger partial charge >= 0.3 is 0 Å². The van der Waals surface area contributed by atoms with Gasteiger partial charge in [0, 0.05) is 30.8 Å². The Balaban J connectivity index is 1.63. The van der Waals surface area contributed by atoms with E-state index in [1.54, 1.807) is 0 Å². The molecule has 3 fully saturated rings. The summed E-state index contributed by atoms with van der Waals surface area (Å²) in [4.78, 5) is 14.9. The predicted octanol–water partition coefficient (Wildman–Crippen LogP) is 2.11. The van der Waals surface area contributed by atoms with Crippen molar-refractivity contribution in [3.05, 3.63) is 0 Å². The molecule has 0 aromatic carbocycles. The summed E-state index contributed by atoms with van der Waals surface area (Å²) in [5.74, 6) is 4.27. The fourth-order valence-corrected chi connectivity index (χ4v) is 5.10. The van der Waals surface area contributed by atoms with E-state index in [4.69, 9.17) is 5.73 Å². The molecular weight excluding hydrogens is 256 g/mol. The summed E-state index contributed by atoms with van der Waals surface area (Å²) in [5.41, 5.74) is 6.32. The largest absolute Gasteiger partial charge is 0.342 e. The van der Waals surface area contributed by atoms with Crippen molar-refractivity contribution < 1.29 is 4.79 Å². The van der Waals surface area contributed by atoms with Crippen molar-refractivity contribution >= 4 is 17.7 Å². The molecule has 2 bridgehead atoms. The smallest absolute Gasteiger partial charge is 0.225 e. The number of amides is 1. The summed E-state index contributed by atoms with van der Waals surface area (Å²) >= 11 is 1.99. The van der Waals surface area contributed by atoms with E-state index in [1.165, 1.54) is 25.0 Å². The van der Waals surface area contributed by atoms with Crippen LogP contribution in [0.1, 0.15) is 38.5 Å². The van der Waals surface area contributed by atoms with Gasteiger partial charge in [-0.2, -0.15) is 11.8 Å². The normalized spacial score (nSPS) is 39.7. The van der Waals surface area contributed by atoms with E-state index in [2.05, 4.69) is 4.90 Å². The Morgan fingerprint density at radius 3 is 2.53 bits per heavy atom. The molecule has 2 N–H and O–H groups in total. The van der Waals surface area contributed by atoms with Crippen molar-refractivity contribution in [1.29, 1.82) is 0 Å². The van der Waals surface area contributed by atoms with Crippen LogP contribution in [0.15, 0.2) is 0 Å². The van der Waals surface area contributed by atoms with Crippen LogP contribution in [0.4, 0.5) is 0 Å². The van der Waals surface area contributed by atoms with Gasteiger partial charge in [-0.3, -0.25) is 4.79 Å². The molecule has 3 rings (SSSR count). The summed E-state index contributed by atoms with van der Waals surface area (Å²) in [6, 6.07) is 0.373. The molecule has 3 nitrogen and oxygen atoms in total. The Hall–Kier alpha value is -0.220. The number of nitrogens with two attached hydrogens (primary N) is 1. The van der Waals surface area contributed by atoms with Crippen molar-refractivity contribution in [2.24, 2.45) is 23.5 Å². The minimum absolute atomic E-state index is 0.276. The molecule has 2 unspecified atom stereocenters. The summed E-state index contributed by atoms with van der Waals surface area (Å²) in [7, 11) is 0. The zero-order valence-electron chi connectivity index (χ0n) is 11.7. The average Bonchev–Trinajstić information content (AvgIpc) is 2.66. The lowest BCUT2D eigenvalue weighted by molar-refractivity contribution is -0.138. The molecule has 1 aliphatic heterocycles. The molecule has 108 valence electrons. The lowest BCUT2D eigenvalue weighted by Crippen LogP contribution is -2.50. The Kier molecular flexibility index (Phi) is 4.37. The number of nitrogens with zero attached hydrogens (tertiary/aromatic N) is 1. The van der Waals surface area contributed by atoms with Crippen molar-refractivity contribution in [3.63, 3.8) is 0 Å². The lowest BCUT2D eigenvalue weighted by Gasteiger charge is -2.44. The monoisotopic (exact) mass is 282 g/mol. The Morgan fingerprint density at radius 2 is 1.79 bits per heavy atom. The number of fused-ring (bicyclic) bond motifs is 2. The van der Waals surface area contributed by atoms with Crippen molar-refractivity contribution in [2.45, 2.75) is 44.6 Å². The van der Waals surface area contributed by atoms with Crippen molar-refractivity contribution in [3.8, 4) is 0 Å². The topological polar surface area (TPSA) is 46.3 Å². The second kappa shape index (κ2) is 6.04. The summed E-state index contributed by atoms with van der Waals surface area (Å²) in [6.45, 7) is 1.94. The van der Waals surface area contributed by atoms with E-state index < -0.39 is 0 Å². The van der Waals surface area contributed by atoms with Crippen LogP contribution in [-0.4, -0.2) is 41.4 Å². The van der Waals surface area contributed by atoms with Gasteiger partial charge in [0.1, 0.15) is 0 Å². The summed E-state index contributed by atoms with van der Waals surface area (Å²) in [6.07, 6.45) is 7.09. The first-order valence-corrected chi connectivity index (χ1v) is 9.03. The standard InChI is InChI=1S/C15H26N2OS/c16-14-11-3-1-4-12(14)10-13(9-11)15(18)17-5-2-7-19-8-6-17/h11-14H,1-10,16H2. The Morgan fingerprint density at radius 1 is 1.05 bits per heavy atom. The zero-order valence-corrected chi connectivity index (χ0v) is 12.5.